The highest BCUT2D eigenvalue weighted by Gasteiger charge is 2.46. The lowest BCUT2D eigenvalue weighted by Crippen LogP contribution is -2.40. The van der Waals surface area contributed by atoms with E-state index < -0.39 is 31.4 Å². The van der Waals surface area contributed by atoms with Crippen molar-refractivity contribution in [2.75, 3.05) is 49.6 Å². The molecule has 14 nitrogen and oxygen atoms in total. The van der Waals surface area contributed by atoms with Gasteiger partial charge in [0, 0.05) is 74.3 Å². The number of carbonyl (C=O) groups is 1. The third-order valence-corrected chi connectivity index (χ3v) is 15.8. The van der Waals surface area contributed by atoms with Crippen LogP contribution in [0.2, 0.25) is 0 Å². The lowest BCUT2D eigenvalue weighted by Gasteiger charge is -2.41. The number of benzene rings is 3. The normalized spacial score (nSPS) is 21.8. The number of likely N-dealkylation sites (tertiary alicyclic amines) is 1. The Labute approximate surface area is 367 Å². The summed E-state index contributed by atoms with van der Waals surface area (Å²) in [5.74, 6) is 0.652. The molecule has 0 bridgehead atoms. The summed E-state index contributed by atoms with van der Waals surface area (Å²) in [5.41, 5.74) is 4.80. The summed E-state index contributed by atoms with van der Waals surface area (Å²) >= 11 is 0. The first-order valence-corrected chi connectivity index (χ1v) is 24.1. The number of nitro groups is 1. The number of pyridine rings is 1. The molecule has 10 rings (SSSR count). The molecule has 2 aliphatic carbocycles. The number of piperidine rings is 1. The highest BCUT2D eigenvalue weighted by atomic mass is 32.2. The second-order valence-electron chi connectivity index (χ2n) is 18.4. The molecule has 5 aromatic rings. The van der Waals surface area contributed by atoms with Crippen molar-refractivity contribution in [3.05, 3.63) is 112 Å². The van der Waals surface area contributed by atoms with E-state index >= 15 is 0 Å². The van der Waals surface area contributed by atoms with Gasteiger partial charge in [-0.2, -0.15) is 0 Å². The Morgan fingerprint density at radius 1 is 0.937 bits per heavy atom. The fraction of sp³-hybridized carbons (Fsp3) is 0.458. The van der Waals surface area contributed by atoms with Crippen LogP contribution < -0.4 is 19.7 Å². The lowest BCUT2D eigenvalue weighted by molar-refractivity contribution is -0.384. The van der Waals surface area contributed by atoms with Crippen LogP contribution in [-0.2, 0) is 14.8 Å². The number of hydrogen-bond acceptors (Lipinski definition) is 11. The van der Waals surface area contributed by atoms with Crippen LogP contribution in [0.15, 0.2) is 90.1 Å². The monoisotopic (exact) mass is 873 g/mol. The predicted molar refractivity (Wildman–Crippen MR) is 241 cm³/mol. The zero-order valence-electron chi connectivity index (χ0n) is 35.5. The number of hydrogen-bond donors (Lipinski definition) is 3. The Bertz CT molecular complexity index is 2620. The van der Waals surface area contributed by atoms with E-state index in [1.807, 2.05) is 12.1 Å². The molecule has 330 valence electrons. The number of sulfonamides is 1. The van der Waals surface area contributed by atoms with Gasteiger partial charge in [0.25, 0.3) is 21.6 Å². The van der Waals surface area contributed by atoms with Gasteiger partial charge in [-0.15, -0.1) is 0 Å². The van der Waals surface area contributed by atoms with E-state index in [9.17, 15) is 23.3 Å². The number of nitro benzene ring substituents is 1. The van der Waals surface area contributed by atoms with Gasteiger partial charge in [0.1, 0.15) is 22.8 Å². The van der Waals surface area contributed by atoms with Gasteiger partial charge in [0.05, 0.1) is 21.6 Å². The third-order valence-electron chi connectivity index (χ3n) is 14.4. The van der Waals surface area contributed by atoms with Crippen molar-refractivity contribution in [2.24, 2.45) is 11.3 Å². The van der Waals surface area contributed by atoms with Crippen molar-refractivity contribution in [2.45, 2.75) is 93.5 Å². The Morgan fingerprint density at radius 3 is 2.54 bits per heavy atom. The van der Waals surface area contributed by atoms with Gasteiger partial charge in [-0.1, -0.05) is 24.3 Å². The van der Waals surface area contributed by atoms with E-state index in [4.69, 9.17) is 9.47 Å². The maximum Gasteiger partial charge on any atom is 0.293 e. The van der Waals surface area contributed by atoms with Crippen molar-refractivity contribution >= 4 is 44.0 Å². The van der Waals surface area contributed by atoms with E-state index in [-0.39, 0.29) is 22.9 Å². The first kappa shape index (κ1) is 41.5. The topological polar surface area (TPSA) is 172 Å². The first-order chi connectivity index (χ1) is 30.6. The molecule has 1 spiro atoms. The molecule has 2 atom stereocenters. The van der Waals surface area contributed by atoms with Crippen molar-refractivity contribution in [1.82, 2.24) is 19.6 Å². The number of ether oxygens (including phenoxy) is 2. The quantitative estimate of drug-likeness (QED) is 0.0761. The van der Waals surface area contributed by atoms with Crippen LogP contribution in [0.25, 0.3) is 11.0 Å². The van der Waals surface area contributed by atoms with E-state index in [0.717, 1.165) is 61.8 Å². The van der Waals surface area contributed by atoms with Gasteiger partial charge in [0.15, 0.2) is 0 Å². The lowest BCUT2D eigenvalue weighted by atomic mass is 9.76. The second kappa shape index (κ2) is 17.2. The number of carbonyl (C=O) groups excluding carboxylic acids is 1. The number of fused-ring (bicyclic) bond motifs is 1. The fourth-order valence-corrected chi connectivity index (χ4v) is 11.8. The Morgan fingerprint density at radius 2 is 1.75 bits per heavy atom. The number of aromatic amines is 1. The molecule has 5 heterocycles. The van der Waals surface area contributed by atoms with Crippen molar-refractivity contribution in [3.63, 3.8) is 0 Å². The number of nitrogens with one attached hydrogen (secondary N) is 3. The standard InChI is InChI=1S/C48H55N7O7S/c56-47(52-63(59,60)38-10-12-42(44(28-38)55(57)58)50-30-32-15-24-61-25-16-32)41-11-9-35(27-45(41)62-37-26-34-14-20-49-46(34)51-31-37)53-22-18-48(19-23-53)17-13-36(29-48)54-21-3-6-43(54)40-5-2-1-4-39(40)33-7-8-33/h1-2,4-5,9-12,14,20,26-28,31-33,36,43,50H,3,6-8,13,15-19,21-25,29-30H2,(H,49,51)(H,52,56)/t36-,43-/m1/s1. The second-order valence-corrected chi connectivity index (χ2v) is 20.0. The summed E-state index contributed by atoms with van der Waals surface area (Å²) in [4.78, 5) is 37.8. The molecule has 0 radical (unpaired) electrons. The van der Waals surface area contributed by atoms with Crippen molar-refractivity contribution in [1.29, 1.82) is 0 Å². The zero-order valence-corrected chi connectivity index (χ0v) is 36.3. The molecule has 3 N–H and O–H groups in total. The molecule has 3 aliphatic heterocycles. The minimum atomic E-state index is -4.54. The molecule has 1 amide bonds. The molecule has 2 saturated carbocycles. The minimum absolute atomic E-state index is 0.00344. The van der Waals surface area contributed by atoms with Crippen LogP contribution >= 0.6 is 0 Å². The van der Waals surface area contributed by atoms with Gasteiger partial charge in [0.2, 0.25) is 0 Å². The molecule has 5 aliphatic rings. The summed E-state index contributed by atoms with van der Waals surface area (Å²) in [5, 5.41) is 16.0. The molecule has 15 heteroatoms. The summed E-state index contributed by atoms with van der Waals surface area (Å²) in [6.45, 7) is 4.65. The number of nitrogens with zero attached hydrogens (tertiary/aromatic N) is 4. The van der Waals surface area contributed by atoms with Crippen LogP contribution in [0, 0.1) is 21.4 Å². The Kier molecular flexibility index (Phi) is 11.3. The first-order valence-electron chi connectivity index (χ1n) is 22.6. The van der Waals surface area contributed by atoms with E-state index in [1.165, 1.54) is 63.6 Å². The number of H-pyrrole nitrogens is 1. The zero-order chi connectivity index (χ0) is 43.1. The molecule has 3 aromatic carbocycles. The van der Waals surface area contributed by atoms with Crippen molar-refractivity contribution in [3.8, 4) is 11.5 Å². The van der Waals surface area contributed by atoms with E-state index in [2.05, 4.69) is 54.1 Å². The third kappa shape index (κ3) is 8.75. The maximum absolute atomic E-state index is 14.0. The number of rotatable bonds is 13. The average molecular weight is 874 g/mol. The van der Waals surface area contributed by atoms with Crippen LogP contribution in [0.4, 0.5) is 17.1 Å². The summed E-state index contributed by atoms with van der Waals surface area (Å²) < 4.78 is 41.4. The van der Waals surface area contributed by atoms with Gasteiger partial charge in [-0.3, -0.25) is 19.8 Å². The highest BCUT2D eigenvalue weighted by Crippen LogP contribution is 2.52. The Hall–Kier alpha value is -5.51. The summed E-state index contributed by atoms with van der Waals surface area (Å²) in [6.07, 6.45) is 15.9. The minimum Gasteiger partial charge on any atom is -0.455 e. The van der Waals surface area contributed by atoms with Crippen LogP contribution in [-0.4, -0.2) is 79.6 Å². The van der Waals surface area contributed by atoms with Gasteiger partial charge >= 0.3 is 0 Å². The van der Waals surface area contributed by atoms with Crippen LogP contribution in [0.1, 0.15) is 104 Å². The fourth-order valence-electron chi connectivity index (χ4n) is 10.8. The van der Waals surface area contributed by atoms with Crippen LogP contribution in [0.5, 0.6) is 11.5 Å². The van der Waals surface area contributed by atoms with Gasteiger partial charge in [-0.05, 0) is 142 Å². The molecular formula is C48H55N7O7S. The van der Waals surface area contributed by atoms with Gasteiger partial charge < -0.3 is 24.7 Å². The number of amides is 1. The Balaban J connectivity index is 0.850. The SMILES string of the molecule is O=C(NS(=O)(=O)c1ccc(NCC2CCOCC2)c([N+](=O)[O-])c1)c1ccc(N2CCC3(CC[C@@H](N4CCC[C@@H]4c4ccccc4C4CC4)C3)CC2)cc1Oc1cnc2[nH]ccc2c1. The number of anilines is 2. The number of aromatic nitrogens is 2. The molecule has 5 fully saturated rings. The molecule has 0 unspecified atom stereocenters. The molecule has 3 saturated heterocycles. The maximum atomic E-state index is 14.0. The largest absolute Gasteiger partial charge is 0.455 e. The van der Waals surface area contributed by atoms with E-state index in [0.29, 0.717) is 48.7 Å². The summed E-state index contributed by atoms with van der Waals surface area (Å²) in [6, 6.07) is 22.8. The van der Waals surface area contributed by atoms with Crippen molar-refractivity contribution < 1.29 is 27.6 Å². The molecule has 63 heavy (non-hydrogen) atoms. The van der Waals surface area contributed by atoms with Gasteiger partial charge in [-0.25, -0.2) is 18.1 Å². The van der Waals surface area contributed by atoms with Crippen LogP contribution in [0.3, 0.4) is 0 Å². The smallest absolute Gasteiger partial charge is 0.293 e. The van der Waals surface area contributed by atoms with E-state index in [1.54, 1.807) is 41.7 Å². The highest BCUT2D eigenvalue weighted by molar-refractivity contribution is 7.90. The predicted octanol–water partition coefficient (Wildman–Crippen LogP) is 9.07. The summed E-state index contributed by atoms with van der Waals surface area (Å²) in [7, 11) is -4.54. The average Bonchev–Trinajstić information content (AvgIpc) is 3.62. The molecular weight excluding hydrogens is 819 g/mol. The molecule has 2 aromatic heterocycles.